The van der Waals surface area contributed by atoms with Crippen LogP contribution in [-0.4, -0.2) is 24.0 Å². The summed E-state index contributed by atoms with van der Waals surface area (Å²) < 4.78 is 0. The summed E-state index contributed by atoms with van der Waals surface area (Å²) >= 11 is 0. The minimum Gasteiger partial charge on any atom is -0.300 e. The predicted octanol–water partition coefficient (Wildman–Crippen LogP) is 4.40. The minimum atomic E-state index is 0.566. The lowest BCUT2D eigenvalue weighted by molar-refractivity contribution is 0.230. The summed E-state index contributed by atoms with van der Waals surface area (Å²) in [4.78, 5) is 2.69. The second-order valence-corrected chi connectivity index (χ2v) is 6.42. The van der Waals surface area contributed by atoms with Crippen LogP contribution in [0.2, 0.25) is 0 Å². The summed E-state index contributed by atoms with van der Waals surface area (Å²) in [5.41, 5.74) is 4.66. The van der Waals surface area contributed by atoms with Gasteiger partial charge in [-0.3, -0.25) is 4.90 Å². The van der Waals surface area contributed by atoms with Gasteiger partial charge in [-0.2, -0.15) is 0 Å². The Bertz CT molecular complexity index is 619. The van der Waals surface area contributed by atoms with Gasteiger partial charge in [-0.05, 0) is 42.6 Å². The molecule has 2 aromatic rings. The number of fused-ring (bicyclic) bond motifs is 3. The van der Waals surface area contributed by atoms with Gasteiger partial charge in [0.25, 0.3) is 0 Å². The van der Waals surface area contributed by atoms with E-state index in [1.54, 1.807) is 11.1 Å². The van der Waals surface area contributed by atoms with Crippen molar-refractivity contribution >= 4 is 0 Å². The zero-order chi connectivity index (χ0) is 14.2. The molecule has 108 valence electrons. The number of hydrogen-bond acceptors (Lipinski definition) is 1. The van der Waals surface area contributed by atoms with E-state index in [1.807, 2.05) is 0 Å². The van der Waals surface area contributed by atoms with Crippen LogP contribution in [0.5, 0.6) is 0 Å². The first-order valence-corrected chi connectivity index (χ1v) is 8.26. The van der Waals surface area contributed by atoms with E-state index in [-0.39, 0.29) is 0 Å². The highest BCUT2D eigenvalue weighted by Gasteiger charge is 2.41. The van der Waals surface area contributed by atoms with E-state index < -0.39 is 0 Å². The molecule has 0 saturated carbocycles. The van der Waals surface area contributed by atoms with Gasteiger partial charge in [0, 0.05) is 17.9 Å². The molecule has 2 aliphatic rings. The fourth-order valence-electron chi connectivity index (χ4n) is 4.52. The molecule has 1 saturated heterocycles. The first kappa shape index (κ1) is 13.1. The molecule has 0 aromatic heterocycles. The van der Waals surface area contributed by atoms with E-state index in [1.165, 1.54) is 31.5 Å². The number of benzene rings is 2. The van der Waals surface area contributed by atoms with Crippen LogP contribution in [0, 0.1) is 0 Å². The van der Waals surface area contributed by atoms with Gasteiger partial charge in [-0.15, -0.1) is 0 Å². The number of likely N-dealkylation sites (tertiary alicyclic amines) is 1. The van der Waals surface area contributed by atoms with E-state index in [2.05, 4.69) is 66.4 Å². The van der Waals surface area contributed by atoms with Crippen molar-refractivity contribution in [3.63, 3.8) is 0 Å². The lowest BCUT2D eigenvalue weighted by atomic mass is 9.71. The highest BCUT2D eigenvalue weighted by atomic mass is 15.2. The third-order valence-electron chi connectivity index (χ3n) is 5.52. The lowest BCUT2D eigenvalue weighted by Crippen LogP contribution is -2.36. The SMILES string of the molecule is CCN1CC[C@H]2c3ccccc3[C@H](c3ccccc3)C[C@@H]21. The van der Waals surface area contributed by atoms with Gasteiger partial charge in [0.1, 0.15) is 0 Å². The number of likely N-dealkylation sites (N-methyl/N-ethyl adjacent to an activating group) is 1. The number of rotatable bonds is 2. The quantitative estimate of drug-likeness (QED) is 0.786. The van der Waals surface area contributed by atoms with Crippen LogP contribution in [0.1, 0.15) is 48.3 Å². The zero-order valence-corrected chi connectivity index (χ0v) is 12.7. The second kappa shape index (κ2) is 5.31. The Balaban J connectivity index is 1.80. The monoisotopic (exact) mass is 277 g/mol. The summed E-state index contributed by atoms with van der Waals surface area (Å²) in [5.74, 6) is 1.32. The maximum atomic E-state index is 2.69. The summed E-state index contributed by atoms with van der Waals surface area (Å²) in [6.45, 7) is 4.76. The van der Waals surface area contributed by atoms with Crippen LogP contribution in [0.4, 0.5) is 0 Å². The van der Waals surface area contributed by atoms with E-state index >= 15 is 0 Å². The Labute approximate surface area is 127 Å². The van der Waals surface area contributed by atoms with Crippen LogP contribution in [0.3, 0.4) is 0 Å². The van der Waals surface area contributed by atoms with E-state index in [0.29, 0.717) is 5.92 Å². The third-order valence-corrected chi connectivity index (χ3v) is 5.52. The van der Waals surface area contributed by atoms with E-state index in [9.17, 15) is 0 Å². The zero-order valence-electron chi connectivity index (χ0n) is 12.7. The van der Waals surface area contributed by atoms with E-state index in [0.717, 1.165) is 12.0 Å². The van der Waals surface area contributed by atoms with Crippen LogP contribution < -0.4 is 0 Å². The molecule has 1 heterocycles. The fraction of sp³-hybridized carbons (Fsp3) is 0.400. The summed E-state index contributed by atoms with van der Waals surface area (Å²) in [7, 11) is 0. The van der Waals surface area contributed by atoms with Crippen molar-refractivity contribution in [2.45, 2.75) is 37.6 Å². The number of hydrogen-bond donors (Lipinski definition) is 0. The van der Waals surface area contributed by atoms with Gasteiger partial charge in [0.15, 0.2) is 0 Å². The second-order valence-electron chi connectivity index (χ2n) is 6.42. The molecule has 0 N–H and O–H groups in total. The van der Waals surface area contributed by atoms with Gasteiger partial charge in [0.2, 0.25) is 0 Å². The molecule has 2 aromatic carbocycles. The molecular formula is C20H23N. The maximum absolute atomic E-state index is 2.69. The topological polar surface area (TPSA) is 3.24 Å². The van der Waals surface area contributed by atoms with Gasteiger partial charge >= 0.3 is 0 Å². The molecule has 1 aliphatic carbocycles. The van der Waals surface area contributed by atoms with Crippen molar-refractivity contribution < 1.29 is 0 Å². The van der Waals surface area contributed by atoms with Crippen molar-refractivity contribution in [2.24, 2.45) is 0 Å². The van der Waals surface area contributed by atoms with Crippen molar-refractivity contribution in [3.8, 4) is 0 Å². The van der Waals surface area contributed by atoms with Crippen molar-refractivity contribution in [1.82, 2.24) is 4.90 Å². The predicted molar refractivity (Wildman–Crippen MR) is 87.7 cm³/mol. The highest BCUT2D eigenvalue weighted by molar-refractivity contribution is 5.44. The summed E-state index contributed by atoms with van der Waals surface area (Å²) in [6, 6.07) is 21.0. The van der Waals surface area contributed by atoms with Gasteiger partial charge in [-0.1, -0.05) is 61.5 Å². The molecule has 0 bridgehead atoms. The molecule has 4 rings (SSSR count). The highest BCUT2D eigenvalue weighted by Crippen LogP contribution is 2.48. The third kappa shape index (κ3) is 2.11. The largest absolute Gasteiger partial charge is 0.300 e. The molecular weight excluding hydrogens is 254 g/mol. The summed E-state index contributed by atoms with van der Waals surface area (Å²) in [6.07, 6.45) is 2.61. The number of nitrogens with zero attached hydrogens (tertiary/aromatic N) is 1. The Hall–Kier alpha value is -1.60. The van der Waals surface area contributed by atoms with Crippen LogP contribution in [0.25, 0.3) is 0 Å². The van der Waals surface area contributed by atoms with Crippen LogP contribution >= 0.6 is 0 Å². The Morgan fingerprint density at radius 1 is 0.952 bits per heavy atom. The molecule has 1 aliphatic heterocycles. The Morgan fingerprint density at radius 3 is 2.43 bits per heavy atom. The van der Waals surface area contributed by atoms with Crippen LogP contribution in [-0.2, 0) is 0 Å². The standard InChI is InChI=1S/C20H23N/c1-2-21-13-12-18-16-10-6-7-11-17(16)19(14-20(18)21)15-8-4-3-5-9-15/h3-11,18-20H,2,12-14H2,1H3/t18-,19-,20-/m0/s1. The van der Waals surface area contributed by atoms with Crippen molar-refractivity contribution in [3.05, 3.63) is 71.3 Å². The molecule has 1 nitrogen and oxygen atoms in total. The first-order chi connectivity index (χ1) is 10.4. The molecule has 1 heteroatoms. The van der Waals surface area contributed by atoms with Gasteiger partial charge in [-0.25, -0.2) is 0 Å². The molecule has 0 unspecified atom stereocenters. The lowest BCUT2D eigenvalue weighted by Gasteiger charge is -2.38. The fourth-order valence-corrected chi connectivity index (χ4v) is 4.52. The molecule has 1 fully saturated rings. The van der Waals surface area contributed by atoms with E-state index in [4.69, 9.17) is 0 Å². The molecule has 3 atom stereocenters. The minimum absolute atomic E-state index is 0.566. The molecule has 21 heavy (non-hydrogen) atoms. The average Bonchev–Trinajstić information content (AvgIpc) is 2.98. The van der Waals surface area contributed by atoms with Gasteiger partial charge < -0.3 is 0 Å². The first-order valence-electron chi connectivity index (χ1n) is 8.26. The Kier molecular flexibility index (Phi) is 3.31. The average molecular weight is 277 g/mol. The molecule has 0 radical (unpaired) electrons. The van der Waals surface area contributed by atoms with Crippen molar-refractivity contribution in [2.75, 3.05) is 13.1 Å². The molecule has 0 amide bonds. The van der Waals surface area contributed by atoms with Gasteiger partial charge in [0.05, 0.1) is 0 Å². The van der Waals surface area contributed by atoms with Crippen molar-refractivity contribution in [1.29, 1.82) is 0 Å². The molecule has 0 spiro atoms. The smallest absolute Gasteiger partial charge is 0.0173 e. The maximum Gasteiger partial charge on any atom is 0.0173 e. The summed E-state index contributed by atoms with van der Waals surface area (Å²) in [5, 5.41) is 0. The normalized spacial score (nSPS) is 28.1. The Morgan fingerprint density at radius 2 is 1.67 bits per heavy atom. The van der Waals surface area contributed by atoms with Crippen LogP contribution in [0.15, 0.2) is 54.6 Å².